The van der Waals surface area contributed by atoms with E-state index in [1.807, 2.05) is 12.1 Å². The van der Waals surface area contributed by atoms with Gasteiger partial charge in [-0.3, -0.25) is 5.32 Å². The fourth-order valence-electron chi connectivity index (χ4n) is 0.992. The van der Waals surface area contributed by atoms with Gasteiger partial charge in [0.2, 0.25) is 0 Å². The van der Waals surface area contributed by atoms with E-state index < -0.39 is 0 Å². The van der Waals surface area contributed by atoms with Gasteiger partial charge in [0.15, 0.2) is 4.67 Å². The van der Waals surface area contributed by atoms with Crippen molar-refractivity contribution >= 4 is 15.9 Å². The largest absolute Gasteiger partial charge is 0.453 e. The summed E-state index contributed by atoms with van der Waals surface area (Å²) in [5.41, 5.74) is 0. The minimum absolute atomic E-state index is 0.129. The van der Waals surface area contributed by atoms with E-state index in [2.05, 4.69) is 34.1 Å². The highest BCUT2D eigenvalue weighted by molar-refractivity contribution is 9.10. The monoisotopic (exact) mass is 241 g/mol. The molecule has 1 aromatic rings. The molecule has 0 aliphatic rings. The molecule has 0 aliphatic carbocycles. The van der Waals surface area contributed by atoms with Crippen LogP contribution in [0.15, 0.2) is 21.2 Å². The van der Waals surface area contributed by atoms with E-state index in [1.54, 1.807) is 0 Å². The summed E-state index contributed by atoms with van der Waals surface area (Å²) in [6, 6.07) is 3.91. The van der Waals surface area contributed by atoms with E-state index in [0.717, 1.165) is 16.9 Å². The van der Waals surface area contributed by atoms with Crippen LogP contribution in [-0.4, -0.2) is 6.04 Å². The minimum Gasteiger partial charge on any atom is -0.453 e. The molecule has 0 spiro atoms. The van der Waals surface area contributed by atoms with Crippen LogP contribution in [0.5, 0.6) is 0 Å². The van der Waals surface area contributed by atoms with Gasteiger partial charge in [-0.2, -0.15) is 0 Å². The third-order valence-electron chi connectivity index (χ3n) is 1.76. The van der Waals surface area contributed by atoms with Gasteiger partial charge < -0.3 is 4.42 Å². The van der Waals surface area contributed by atoms with E-state index in [0.29, 0.717) is 6.54 Å². The van der Waals surface area contributed by atoms with Crippen molar-refractivity contribution in [3.8, 4) is 12.3 Å². The third kappa shape index (κ3) is 3.25. The van der Waals surface area contributed by atoms with Crippen molar-refractivity contribution in [1.82, 2.24) is 5.32 Å². The Kier molecular flexibility index (Phi) is 4.07. The van der Waals surface area contributed by atoms with Gasteiger partial charge in [0.25, 0.3) is 0 Å². The van der Waals surface area contributed by atoms with Gasteiger partial charge in [0.05, 0.1) is 12.6 Å². The second kappa shape index (κ2) is 5.11. The van der Waals surface area contributed by atoms with Crippen molar-refractivity contribution in [3.63, 3.8) is 0 Å². The predicted molar refractivity (Wildman–Crippen MR) is 56.2 cm³/mol. The summed E-state index contributed by atoms with van der Waals surface area (Å²) < 4.78 is 6.06. The highest BCUT2D eigenvalue weighted by Gasteiger charge is 2.03. The zero-order valence-corrected chi connectivity index (χ0v) is 9.10. The molecule has 1 aromatic heterocycles. The van der Waals surface area contributed by atoms with E-state index in [9.17, 15) is 0 Å². The lowest BCUT2D eigenvalue weighted by molar-refractivity contribution is 0.453. The van der Waals surface area contributed by atoms with Crippen molar-refractivity contribution in [3.05, 3.63) is 22.6 Å². The minimum atomic E-state index is 0.129. The second-order valence-corrected chi connectivity index (χ2v) is 3.50. The summed E-state index contributed by atoms with van der Waals surface area (Å²) in [6.07, 6.45) is 6.23. The molecule has 0 bridgehead atoms. The fraction of sp³-hybridized carbons (Fsp3) is 0.400. The zero-order chi connectivity index (χ0) is 9.68. The molecule has 3 heteroatoms. The summed E-state index contributed by atoms with van der Waals surface area (Å²) in [5.74, 6) is 3.55. The number of nitrogens with one attached hydrogen (secondary N) is 1. The maximum atomic E-state index is 5.31. The first-order chi connectivity index (χ1) is 6.26. The standard InChI is InChI=1S/C10H12BrNO/c1-3-8(4-2)12-7-9-5-6-10(11)13-9/h1,5-6,8,12H,4,7H2,2H3. The Bertz CT molecular complexity index is 300. The molecule has 0 amide bonds. The molecule has 0 aliphatic heterocycles. The van der Waals surface area contributed by atoms with Crippen LogP contribution in [-0.2, 0) is 6.54 Å². The maximum absolute atomic E-state index is 5.31. The highest BCUT2D eigenvalue weighted by atomic mass is 79.9. The SMILES string of the molecule is C#CC(CC)NCc1ccc(Br)o1. The van der Waals surface area contributed by atoms with Gasteiger partial charge >= 0.3 is 0 Å². The molecule has 1 N–H and O–H groups in total. The molecule has 1 rings (SSSR count). The van der Waals surface area contributed by atoms with Gasteiger partial charge in [-0.05, 0) is 34.5 Å². The molecule has 0 fully saturated rings. The van der Waals surface area contributed by atoms with Gasteiger partial charge in [-0.25, -0.2) is 0 Å². The third-order valence-corrected chi connectivity index (χ3v) is 2.19. The van der Waals surface area contributed by atoms with Crippen LogP contribution in [0.1, 0.15) is 19.1 Å². The lowest BCUT2D eigenvalue weighted by atomic mass is 10.2. The fourth-order valence-corrected chi connectivity index (χ4v) is 1.33. The summed E-state index contributed by atoms with van der Waals surface area (Å²) in [7, 11) is 0. The Morgan fingerprint density at radius 2 is 2.46 bits per heavy atom. The zero-order valence-electron chi connectivity index (χ0n) is 7.51. The summed E-state index contributed by atoms with van der Waals surface area (Å²) in [6.45, 7) is 2.73. The van der Waals surface area contributed by atoms with Crippen molar-refractivity contribution in [2.45, 2.75) is 25.9 Å². The van der Waals surface area contributed by atoms with Gasteiger partial charge in [0, 0.05) is 0 Å². The Labute approximate surface area is 86.8 Å². The lowest BCUT2D eigenvalue weighted by Gasteiger charge is -2.07. The predicted octanol–water partition coefficient (Wildman–Crippen LogP) is 2.54. The Morgan fingerprint density at radius 1 is 1.69 bits per heavy atom. The summed E-state index contributed by atoms with van der Waals surface area (Å²) >= 11 is 3.24. The van der Waals surface area contributed by atoms with Crippen LogP contribution in [0.4, 0.5) is 0 Å². The first-order valence-electron chi connectivity index (χ1n) is 4.20. The molecule has 0 saturated heterocycles. The summed E-state index contributed by atoms with van der Waals surface area (Å²) in [5, 5.41) is 3.20. The molecule has 0 radical (unpaired) electrons. The molecule has 0 aromatic carbocycles. The average Bonchev–Trinajstić information content (AvgIpc) is 2.53. The maximum Gasteiger partial charge on any atom is 0.169 e. The van der Waals surface area contributed by atoms with Crippen LogP contribution in [0.2, 0.25) is 0 Å². The van der Waals surface area contributed by atoms with Crippen LogP contribution in [0, 0.1) is 12.3 Å². The number of terminal acetylenes is 1. The quantitative estimate of drug-likeness (QED) is 0.821. The smallest absolute Gasteiger partial charge is 0.169 e. The summed E-state index contributed by atoms with van der Waals surface area (Å²) in [4.78, 5) is 0. The van der Waals surface area contributed by atoms with Gasteiger partial charge in [-0.1, -0.05) is 12.8 Å². The number of hydrogen-bond acceptors (Lipinski definition) is 2. The average molecular weight is 242 g/mol. The van der Waals surface area contributed by atoms with Crippen molar-refractivity contribution < 1.29 is 4.42 Å². The molecule has 13 heavy (non-hydrogen) atoms. The Morgan fingerprint density at radius 3 is 2.92 bits per heavy atom. The van der Waals surface area contributed by atoms with Crippen molar-refractivity contribution in [1.29, 1.82) is 0 Å². The highest BCUT2D eigenvalue weighted by Crippen LogP contribution is 2.13. The molecule has 1 unspecified atom stereocenters. The van der Waals surface area contributed by atoms with Gasteiger partial charge in [-0.15, -0.1) is 6.42 Å². The lowest BCUT2D eigenvalue weighted by Crippen LogP contribution is -2.25. The van der Waals surface area contributed by atoms with Crippen LogP contribution in [0.3, 0.4) is 0 Å². The number of rotatable bonds is 4. The number of furan rings is 1. The first kappa shape index (κ1) is 10.4. The van der Waals surface area contributed by atoms with E-state index >= 15 is 0 Å². The molecule has 2 nitrogen and oxygen atoms in total. The van der Waals surface area contributed by atoms with Crippen LogP contribution >= 0.6 is 15.9 Å². The Hall–Kier alpha value is -0.720. The molecule has 1 atom stereocenters. The van der Waals surface area contributed by atoms with Crippen molar-refractivity contribution in [2.24, 2.45) is 0 Å². The molecule has 1 heterocycles. The molecular formula is C10H12BrNO. The van der Waals surface area contributed by atoms with E-state index in [1.165, 1.54) is 0 Å². The van der Waals surface area contributed by atoms with Gasteiger partial charge in [0.1, 0.15) is 5.76 Å². The molecule has 70 valence electrons. The molecule has 0 saturated carbocycles. The van der Waals surface area contributed by atoms with E-state index in [-0.39, 0.29) is 6.04 Å². The normalized spacial score (nSPS) is 12.4. The second-order valence-electron chi connectivity index (χ2n) is 2.71. The van der Waals surface area contributed by atoms with Crippen LogP contribution in [0.25, 0.3) is 0 Å². The van der Waals surface area contributed by atoms with Crippen LogP contribution < -0.4 is 5.32 Å². The number of hydrogen-bond donors (Lipinski definition) is 1. The molecular weight excluding hydrogens is 230 g/mol. The van der Waals surface area contributed by atoms with E-state index in [4.69, 9.17) is 10.8 Å². The topological polar surface area (TPSA) is 25.2 Å². The first-order valence-corrected chi connectivity index (χ1v) is 4.99. The Balaban J connectivity index is 2.39. The number of halogens is 1. The van der Waals surface area contributed by atoms with Crippen molar-refractivity contribution in [2.75, 3.05) is 0 Å².